The molecule has 3 rings (SSSR count). The molecule has 1 atom stereocenters. The average molecular weight is 335 g/mol. The molecule has 0 fully saturated rings. The first-order valence-electron chi connectivity index (χ1n) is 7.93. The number of ether oxygens (including phenoxy) is 1. The molecule has 25 heavy (non-hydrogen) atoms. The minimum absolute atomic E-state index is 0.731. The van der Waals surface area contributed by atoms with Crippen molar-refractivity contribution >= 4 is 5.97 Å². The van der Waals surface area contributed by atoms with Crippen LogP contribution in [0.3, 0.4) is 0 Å². The van der Waals surface area contributed by atoms with Gasteiger partial charge in [-0.15, -0.1) is 0 Å². The van der Waals surface area contributed by atoms with Crippen molar-refractivity contribution in [1.82, 2.24) is 0 Å². The van der Waals surface area contributed by atoms with E-state index in [9.17, 15) is 4.79 Å². The lowest BCUT2D eigenvalue weighted by atomic mass is 10.1. The Hall–Kier alpha value is -3.11. The van der Waals surface area contributed by atoms with Crippen molar-refractivity contribution in [2.75, 3.05) is 0 Å². The third-order valence-corrected chi connectivity index (χ3v) is 3.33. The number of hydrogen-bond donors (Lipinski definition) is 2. The van der Waals surface area contributed by atoms with Crippen LogP contribution in [0.2, 0.25) is 0 Å². The van der Waals surface area contributed by atoms with Crippen LogP contribution >= 0.6 is 0 Å². The molecule has 0 amide bonds. The minimum Gasteiger partial charge on any atom is -0.480 e. The lowest BCUT2D eigenvalue weighted by Gasteiger charge is -2.11. The maximum absolute atomic E-state index is 9.57. The second-order valence-corrected chi connectivity index (χ2v) is 5.40. The van der Waals surface area contributed by atoms with Crippen LogP contribution < -0.4 is 10.5 Å². The van der Waals surface area contributed by atoms with Crippen molar-refractivity contribution in [3.8, 4) is 22.6 Å². The summed E-state index contributed by atoms with van der Waals surface area (Å²) >= 11 is 0. The number of rotatable bonds is 4. The van der Waals surface area contributed by atoms with Gasteiger partial charge in [0.05, 0.1) is 0 Å². The van der Waals surface area contributed by atoms with Crippen molar-refractivity contribution in [2.24, 2.45) is 5.73 Å². The number of carboxylic acids is 1. The van der Waals surface area contributed by atoms with Gasteiger partial charge in [-0.05, 0) is 30.7 Å². The highest BCUT2D eigenvalue weighted by Gasteiger charge is 2.05. The molecule has 3 aromatic rings. The van der Waals surface area contributed by atoms with Crippen LogP contribution in [-0.4, -0.2) is 17.1 Å². The molecule has 128 valence electrons. The maximum Gasteiger partial charge on any atom is 0.320 e. The number of hydrogen-bond acceptors (Lipinski definition) is 3. The SMILES string of the molecule is CC(N)C(=O)O.c1ccc(Oc2ccccc2-c2ccccc2)cc1. The molecule has 4 heteroatoms. The van der Waals surface area contributed by atoms with Crippen molar-refractivity contribution in [3.05, 3.63) is 84.9 Å². The smallest absolute Gasteiger partial charge is 0.320 e. The van der Waals surface area contributed by atoms with E-state index in [0.717, 1.165) is 22.6 Å². The summed E-state index contributed by atoms with van der Waals surface area (Å²) in [6, 6.07) is 27.5. The number of benzene rings is 3. The summed E-state index contributed by atoms with van der Waals surface area (Å²) < 4.78 is 5.96. The van der Waals surface area contributed by atoms with Crippen molar-refractivity contribution in [2.45, 2.75) is 13.0 Å². The summed E-state index contributed by atoms with van der Waals surface area (Å²) in [5.41, 5.74) is 7.10. The number of para-hydroxylation sites is 2. The Balaban J connectivity index is 0.000000326. The monoisotopic (exact) mass is 335 g/mol. The fourth-order valence-electron chi connectivity index (χ4n) is 2.03. The van der Waals surface area contributed by atoms with Gasteiger partial charge in [-0.3, -0.25) is 4.79 Å². The summed E-state index contributed by atoms with van der Waals surface area (Å²) in [5, 5.41) is 7.87. The number of aliphatic carboxylic acids is 1. The Bertz CT molecular complexity index is 787. The third-order valence-electron chi connectivity index (χ3n) is 3.33. The molecule has 0 bridgehead atoms. The highest BCUT2D eigenvalue weighted by molar-refractivity contribution is 5.72. The van der Waals surface area contributed by atoms with Gasteiger partial charge in [0.15, 0.2) is 0 Å². The van der Waals surface area contributed by atoms with E-state index in [2.05, 4.69) is 18.2 Å². The quantitative estimate of drug-likeness (QED) is 0.733. The lowest BCUT2D eigenvalue weighted by molar-refractivity contribution is -0.138. The normalized spacial score (nSPS) is 11.0. The van der Waals surface area contributed by atoms with Gasteiger partial charge >= 0.3 is 5.97 Å². The first-order valence-corrected chi connectivity index (χ1v) is 7.93. The van der Waals surface area contributed by atoms with Crippen LogP contribution in [0.4, 0.5) is 0 Å². The highest BCUT2D eigenvalue weighted by atomic mass is 16.5. The first-order chi connectivity index (χ1) is 12.1. The van der Waals surface area contributed by atoms with E-state index >= 15 is 0 Å². The number of carbonyl (C=O) groups is 1. The maximum atomic E-state index is 9.57. The molecule has 0 aromatic heterocycles. The van der Waals surface area contributed by atoms with Crippen LogP contribution in [0, 0.1) is 0 Å². The Morgan fingerprint density at radius 2 is 1.36 bits per heavy atom. The summed E-state index contributed by atoms with van der Waals surface area (Å²) in [6.45, 7) is 1.42. The summed E-state index contributed by atoms with van der Waals surface area (Å²) in [6.07, 6.45) is 0. The van der Waals surface area contributed by atoms with Gasteiger partial charge < -0.3 is 15.6 Å². The van der Waals surface area contributed by atoms with Gasteiger partial charge in [-0.1, -0.05) is 66.7 Å². The van der Waals surface area contributed by atoms with Crippen LogP contribution in [0.1, 0.15) is 6.92 Å². The number of carboxylic acid groups (broad SMARTS) is 1. The van der Waals surface area contributed by atoms with Crippen molar-refractivity contribution < 1.29 is 14.6 Å². The molecule has 0 saturated carbocycles. The largest absolute Gasteiger partial charge is 0.480 e. The van der Waals surface area contributed by atoms with Crippen LogP contribution in [-0.2, 0) is 4.79 Å². The molecule has 0 radical (unpaired) electrons. The topological polar surface area (TPSA) is 72.6 Å². The molecule has 3 N–H and O–H groups in total. The van der Waals surface area contributed by atoms with Crippen LogP contribution in [0.15, 0.2) is 84.9 Å². The van der Waals surface area contributed by atoms with Crippen molar-refractivity contribution in [1.29, 1.82) is 0 Å². The average Bonchev–Trinajstić information content (AvgIpc) is 2.64. The Morgan fingerprint density at radius 1 is 0.880 bits per heavy atom. The van der Waals surface area contributed by atoms with Gasteiger partial charge in [0.1, 0.15) is 17.5 Å². The second-order valence-electron chi connectivity index (χ2n) is 5.40. The molecule has 0 heterocycles. The van der Waals surface area contributed by atoms with E-state index in [1.54, 1.807) is 0 Å². The first kappa shape index (κ1) is 18.2. The fourth-order valence-corrected chi connectivity index (χ4v) is 2.03. The Labute approximate surface area is 147 Å². The molecular weight excluding hydrogens is 314 g/mol. The Kier molecular flexibility index (Phi) is 6.75. The molecule has 0 saturated heterocycles. The molecule has 0 aliphatic heterocycles. The zero-order chi connectivity index (χ0) is 18.1. The van der Waals surface area contributed by atoms with E-state index in [1.165, 1.54) is 6.92 Å². The van der Waals surface area contributed by atoms with Gasteiger partial charge in [-0.25, -0.2) is 0 Å². The minimum atomic E-state index is -0.963. The predicted molar refractivity (Wildman–Crippen MR) is 99.7 cm³/mol. The van der Waals surface area contributed by atoms with E-state index in [4.69, 9.17) is 15.6 Å². The fraction of sp³-hybridized carbons (Fsp3) is 0.0952. The highest BCUT2D eigenvalue weighted by Crippen LogP contribution is 2.32. The van der Waals surface area contributed by atoms with Gasteiger partial charge in [0.2, 0.25) is 0 Å². The zero-order valence-electron chi connectivity index (χ0n) is 14.0. The second kappa shape index (κ2) is 9.25. The third kappa shape index (κ3) is 5.79. The van der Waals surface area contributed by atoms with Gasteiger partial charge in [0, 0.05) is 5.56 Å². The lowest BCUT2D eigenvalue weighted by Crippen LogP contribution is -2.25. The molecule has 1 unspecified atom stereocenters. The summed E-state index contributed by atoms with van der Waals surface area (Å²) in [5.74, 6) is 0.765. The zero-order valence-corrected chi connectivity index (χ0v) is 14.0. The van der Waals surface area contributed by atoms with E-state index in [1.807, 2.05) is 66.7 Å². The molecule has 4 nitrogen and oxygen atoms in total. The summed E-state index contributed by atoms with van der Waals surface area (Å²) in [7, 11) is 0. The number of nitrogens with two attached hydrogens (primary N) is 1. The Morgan fingerprint density at radius 3 is 1.92 bits per heavy atom. The van der Waals surface area contributed by atoms with Gasteiger partial charge in [-0.2, -0.15) is 0 Å². The molecule has 0 aliphatic rings. The van der Waals surface area contributed by atoms with E-state index in [-0.39, 0.29) is 0 Å². The van der Waals surface area contributed by atoms with E-state index < -0.39 is 12.0 Å². The molecule has 0 spiro atoms. The van der Waals surface area contributed by atoms with Crippen LogP contribution in [0.5, 0.6) is 11.5 Å². The van der Waals surface area contributed by atoms with Gasteiger partial charge in [0.25, 0.3) is 0 Å². The predicted octanol–water partition coefficient (Wildman–Crippen LogP) is 4.56. The standard InChI is InChI=1S/C18H14O.C3H7NO2/c1-3-9-15(10-4-1)17-13-7-8-14-18(17)19-16-11-5-2-6-12-16;1-2(4)3(5)6/h1-14H;2H,4H2,1H3,(H,5,6). The van der Waals surface area contributed by atoms with Crippen LogP contribution in [0.25, 0.3) is 11.1 Å². The summed E-state index contributed by atoms with van der Waals surface area (Å²) in [4.78, 5) is 9.57. The van der Waals surface area contributed by atoms with E-state index in [0.29, 0.717) is 0 Å². The van der Waals surface area contributed by atoms with Crippen molar-refractivity contribution in [3.63, 3.8) is 0 Å². The molecular formula is C21H21NO3. The molecule has 3 aromatic carbocycles. The molecule has 0 aliphatic carbocycles.